The molecule has 0 aliphatic rings. The first-order valence-electron chi connectivity index (χ1n) is 7.09. The van der Waals surface area contributed by atoms with Crippen molar-refractivity contribution in [3.05, 3.63) is 47.5 Å². The van der Waals surface area contributed by atoms with Gasteiger partial charge in [-0.25, -0.2) is 4.79 Å². The highest BCUT2D eigenvalue weighted by atomic mass is 16.5. The third-order valence-corrected chi connectivity index (χ3v) is 3.13. The standard InChI is InChI=1S/C17H24O2/c1-3-4-5-6-10-13-16(17(18)19-2)14-15-11-8-7-9-12-15/h7-9,11-13H,3-6,10,14H2,1-2H3/b16-13-. The summed E-state index contributed by atoms with van der Waals surface area (Å²) < 4.78 is 4.86. The van der Waals surface area contributed by atoms with E-state index in [4.69, 9.17) is 4.74 Å². The van der Waals surface area contributed by atoms with Gasteiger partial charge in [-0.2, -0.15) is 0 Å². The zero-order valence-electron chi connectivity index (χ0n) is 12.0. The summed E-state index contributed by atoms with van der Waals surface area (Å²) in [5.74, 6) is -0.209. The number of allylic oxidation sites excluding steroid dienone is 1. The van der Waals surface area contributed by atoms with Crippen molar-refractivity contribution in [2.75, 3.05) is 7.11 Å². The Kier molecular flexibility index (Phi) is 7.64. The number of rotatable bonds is 8. The molecule has 0 bridgehead atoms. The molecule has 0 atom stereocenters. The Labute approximate surface area is 116 Å². The fourth-order valence-corrected chi connectivity index (χ4v) is 2.02. The molecule has 0 aliphatic carbocycles. The van der Waals surface area contributed by atoms with Crippen molar-refractivity contribution in [1.82, 2.24) is 0 Å². The second-order valence-electron chi connectivity index (χ2n) is 4.73. The average Bonchev–Trinajstić information content (AvgIpc) is 2.46. The average molecular weight is 260 g/mol. The van der Waals surface area contributed by atoms with E-state index in [2.05, 4.69) is 6.92 Å². The van der Waals surface area contributed by atoms with Gasteiger partial charge in [0.15, 0.2) is 0 Å². The Morgan fingerprint density at radius 3 is 2.53 bits per heavy atom. The maximum atomic E-state index is 11.7. The monoisotopic (exact) mass is 260 g/mol. The van der Waals surface area contributed by atoms with E-state index in [1.807, 2.05) is 36.4 Å². The molecular formula is C17H24O2. The summed E-state index contributed by atoms with van der Waals surface area (Å²) in [6.07, 6.45) is 8.51. The van der Waals surface area contributed by atoms with E-state index >= 15 is 0 Å². The summed E-state index contributed by atoms with van der Waals surface area (Å²) in [4.78, 5) is 11.7. The summed E-state index contributed by atoms with van der Waals surface area (Å²) >= 11 is 0. The molecule has 0 aromatic heterocycles. The lowest BCUT2D eigenvalue weighted by molar-refractivity contribution is -0.136. The molecule has 0 unspecified atom stereocenters. The van der Waals surface area contributed by atoms with Gasteiger partial charge in [0.05, 0.1) is 7.11 Å². The van der Waals surface area contributed by atoms with Crippen LogP contribution in [0.2, 0.25) is 0 Å². The van der Waals surface area contributed by atoms with Crippen molar-refractivity contribution in [2.24, 2.45) is 0 Å². The third-order valence-electron chi connectivity index (χ3n) is 3.13. The maximum absolute atomic E-state index is 11.7. The molecule has 0 N–H and O–H groups in total. The second kappa shape index (κ2) is 9.37. The van der Waals surface area contributed by atoms with Crippen molar-refractivity contribution in [2.45, 2.75) is 45.4 Å². The molecule has 0 saturated carbocycles. The number of benzene rings is 1. The first-order chi connectivity index (χ1) is 9.27. The smallest absolute Gasteiger partial charge is 0.333 e. The van der Waals surface area contributed by atoms with Crippen molar-refractivity contribution in [1.29, 1.82) is 0 Å². The van der Waals surface area contributed by atoms with Crippen LogP contribution >= 0.6 is 0 Å². The molecule has 0 heterocycles. The number of esters is 1. The first-order valence-corrected chi connectivity index (χ1v) is 7.09. The van der Waals surface area contributed by atoms with Crippen molar-refractivity contribution >= 4 is 5.97 Å². The topological polar surface area (TPSA) is 26.3 Å². The Bertz CT molecular complexity index is 393. The molecule has 1 aromatic carbocycles. The van der Waals surface area contributed by atoms with Gasteiger partial charge < -0.3 is 4.74 Å². The van der Waals surface area contributed by atoms with Gasteiger partial charge in [0.1, 0.15) is 0 Å². The number of hydrogen-bond donors (Lipinski definition) is 0. The van der Waals surface area contributed by atoms with Crippen LogP contribution in [-0.2, 0) is 16.0 Å². The van der Waals surface area contributed by atoms with Gasteiger partial charge in [-0.15, -0.1) is 0 Å². The summed E-state index contributed by atoms with van der Waals surface area (Å²) in [5.41, 5.74) is 1.91. The highest BCUT2D eigenvalue weighted by molar-refractivity contribution is 5.88. The largest absolute Gasteiger partial charge is 0.466 e. The van der Waals surface area contributed by atoms with Crippen LogP contribution in [0.3, 0.4) is 0 Å². The number of hydrogen-bond acceptors (Lipinski definition) is 2. The molecule has 0 radical (unpaired) electrons. The second-order valence-corrected chi connectivity index (χ2v) is 4.73. The lowest BCUT2D eigenvalue weighted by Gasteiger charge is -2.06. The van der Waals surface area contributed by atoms with Crippen LogP contribution in [0.1, 0.15) is 44.6 Å². The van der Waals surface area contributed by atoms with E-state index in [1.54, 1.807) is 0 Å². The van der Waals surface area contributed by atoms with Crippen LogP contribution in [0.25, 0.3) is 0 Å². The van der Waals surface area contributed by atoms with E-state index in [-0.39, 0.29) is 5.97 Å². The molecule has 19 heavy (non-hydrogen) atoms. The summed E-state index contributed by atoms with van der Waals surface area (Å²) in [5, 5.41) is 0. The van der Waals surface area contributed by atoms with Gasteiger partial charge in [-0.3, -0.25) is 0 Å². The molecule has 0 fully saturated rings. The molecule has 1 rings (SSSR count). The summed E-state index contributed by atoms with van der Waals surface area (Å²) in [6, 6.07) is 10.0. The van der Waals surface area contributed by atoms with Crippen LogP contribution in [0.15, 0.2) is 42.0 Å². The highest BCUT2D eigenvalue weighted by Gasteiger charge is 2.09. The minimum atomic E-state index is -0.209. The van der Waals surface area contributed by atoms with Gasteiger partial charge in [0, 0.05) is 12.0 Å². The van der Waals surface area contributed by atoms with Gasteiger partial charge in [0.25, 0.3) is 0 Å². The van der Waals surface area contributed by atoms with Crippen molar-refractivity contribution in [3.63, 3.8) is 0 Å². The first kappa shape index (κ1) is 15.5. The molecule has 2 nitrogen and oxygen atoms in total. The van der Waals surface area contributed by atoms with E-state index < -0.39 is 0 Å². The summed E-state index contributed by atoms with van der Waals surface area (Å²) in [6.45, 7) is 2.20. The van der Waals surface area contributed by atoms with Gasteiger partial charge >= 0.3 is 5.97 Å². The van der Waals surface area contributed by atoms with Gasteiger partial charge in [-0.1, -0.05) is 62.6 Å². The molecule has 0 saturated heterocycles. The minimum absolute atomic E-state index is 0.209. The molecule has 1 aromatic rings. The SMILES string of the molecule is CCCCCC/C=C(/Cc1ccccc1)C(=O)OC. The van der Waals surface area contributed by atoms with Crippen LogP contribution in [0.4, 0.5) is 0 Å². The third kappa shape index (κ3) is 6.23. The van der Waals surface area contributed by atoms with Crippen LogP contribution in [-0.4, -0.2) is 13.1 Å². The molecule has 104 valence electrons. The number of carbonyl (C=O) groups is 1. The maximum Gasteiger partial charge on any atom is 0.333 e. The quantitative estimate of drug-likeness (QED) is 0.396. The van der Waals surface area contributed by atoms with Crippen LogP contribution in [0, 0.1) is 0 Å². The van der Waals surface area contributed by atoms with E-state index in [0.29, 0.717) is 6.42 Å². The lowest BCUT2D eigenvalue weighted by Crippen LogP contribution is -2.07. The van der Waals surface area contributed by atoms with E-state index in [0.717, 1.165) is 24.0 Å². The molecule has 2 heteroatoms. The Hall–Kier alpha value is -1.57. The van der Waals surface area contributed by atoms with Crippen LogP contribution in [0.5, 0.6) is 0 Å². The zero-order chi connectivity index (χ0) is 13.9. The lowest BCUT2D eigenvalue weighted by atomic mass is 10.0. The van der Waals surface area contributed by atoms with Crippen molar-refractivity contribution < 1.29 is 9.53 Å². The predicted octanol–water partition coefficient (Wildman–Crippen LogP) is 4.30. The molecular weight excluding hydrogens is 236 g/mol. The van der Waals surface area contributed by atoms with E-state index in [1.165, 1.54) is 26.4 Å². The number of unbranched alkanes of at least 4 members (excludes halogenated alkanes) is 4. The van der Waals surface area contributed by atoms with E-state index in [9.17, 15) is 4.79 Å². The fourth-order valence-electron chi connectivity index (χ4n) is 2.02. The Morgan fingerprint density at radius 2 is 1.89 bits per heavy atom. The zero-order valence-corrected chi connectivity index (χ0v) is 12.0. The fraction of sp³-hybridized carbons (Fsp3) is 0.471. The number of methoxy groups -OCH3 is 1. The highest BCUT2D eigenvalue weighted by Crippen LogP contribution is 2.12. The van der Waals surface area contributed by atoms with Crippen LogP contribution < -0.4 is 0 Å². The summed E-state index contributed by atoms with van der Waals surface area (Å²) in [7, 11) is 1.44. The predicted molar refractivity (Wildman–Crippen MR) is 79.0 cm³/mol. The molecule has 0 spiro atoms. The number of carbonyl (C=O) groups excluding carboxylic acids is 1. The van der Waals surface area contributed by atoms with Crippen molar-refractivity contribution in [3.8, 4) is 0 Å². The molecule has 0 aliphatic heterocycles. The van der Waals surface area contributed by atoms with Gasteiger partial charge in [-0.05, 0) is 18.4 Å². The van der Waals surface area contributed by atoms with Gasteiger partial charge in [0.2, 0.25) is 0 Å². The Morgan fingerprint density at radius 1 is 1.16 bits per heavy atom. The molecule has 0 amide bonds. The number of ether oxygens (including phenoxy) is 1. The normalized spacial score (nSPS) is 11.4. The Balaban J connectivity index is 2.56. The minimum Gasteiger partial charge on any atom is -0.466 e.